The van der Waals surface area contributed by atoms with Gasteiger partial charge in [-0.05, 0) is 112 Å². The Balaban J connectivity index is 0.000000282. The molecule has 4 aromatic rings. The lowest BCUT2D eigenvalue weighted by Crippen LogP contribution is -2.30. The van der Waals surface area contributed by atoms with Gasteiger partial charge in [0.25, 0.3) is 0 Å². The molecule has 0 radical (unpaired) electrons. The Hall–Kier alpha value is 1.36. The molecule has 6 rings (SSSR count). The number of benzene rings is 4. The van der Waals surface area contributed by atoms with E-state index in [2.05, 4.69) is 227 Å². The van der Waals surface area contributed by atoms with Crippen LogP contribution in [0.3, 0.4) is 0 Å². The topological polar surface area (TPSA) is 83.1 Å². The van der Waals surface area contributed by atoms with Gasteiger partial charge in [0.1, 0.15) is 0 Å². The summed E-state index contributed by atoms with van der Waals surface area (Å²) >= 11 is 23.6. The summed E-state index contributed by atoms with van der Waals surface area (Å²) in [6.07, 6.45) is 2.75. The third-order valence-corrected chi connectivity index (χ3v) is 14.3. The highest BCUT2D eigenvalue weighted by molar-refractivity contribution is 14.1. The van der Waals surface area contributed by atoms with Gasteiger partial charge in [-0.3, -0.25) is 0 Å². The van der Waals surface area contributed by atoms with Crippen LogP contribution in [-0.4, -0.2) is 137 Å². The fourth-order valence-electron chi connectivity index (χ4n) is 7.59. The number of halogens is 8. The van der Waals surface area contributed by atoms with Crippen LogP contribution in [0.2, 0.25) is 0 Å². The van der Waals surface area contributed by atoms with Gasteiger partial charge >= 0.3 is 0 Å². The first kappa shape index (κ1) is 60.9. The third kappa shape index (κ3) is 22.4. The van der Waals surface area contributed by atoms with E-state index < -0.39 is 0 Å². The first-order chi connectivity index (χ1) is 32.8. The highest BCUT2D eigenvalue weighted by atomic mass is 127. The van der Waals surface area contributed by atoms with Crippen molar-refractivity contribution in [3.8, 4) is 22.3 Å². The summed E-state index contributed by atoms with van der Waals surface area (Å²) in [6, 6.07) is 26.2. The maximum absolute atomic E-state index is 6.07. The summed E-state index contributed by atoms with van der Waals surface area (Å²) in [4.78, 5) is 0. The third-order valence-electron chi connectivity index (χ3n) is 10.6. The molecule has 372 valence electrons. The second-order valence-electron chi connectivity index (χ2n) is 15.0. The van der Waals surface area contributed by atoms with Gasteiger partial charge in [0, 0.05) is 54.2 Å². The van der Waals surface area contributed by atoms with E-state index in [0.29, 0.717) is 92.5 Å². The normalized spacial score (nSPS) is 12.7. The molecule has 0 aromatic heterocycles. The molecular weight excluding hydrogens is 1570 g/mol. The van der Waals surface area contributed by atoms with E-state index in [0.717, 1.165) is 81.3 Å². The van der Waals surface area contributed by atoms with E-state index in [1.165, 1.54) is 44.5 Å². The van der Waals surface area contributed by atoms with Crippen LogP contribution in [0, 0.1) is 0 Å². The molecule has 4 aromatic carbocycles. The quantitative estimate of drug-likeness (QED) is 0.0237. The minimum atomic E-state index is -0.208. The second kappa shape index (κ2) is 37.1. The maximum Gasteiger partial charge on any atom is 0.0701 e. The SMILES string of the molecule is Brc1ccc2c(c1)C(CCOCCOCCOCCI)(CCOCCOCCOCCI)c1cc(Br)ccc1-2.Brc1ccc2c(c1)Cc1cc(Br)ccc1-2.ICCOCCOCCOCCI. The molecular formula is C50H62Br4I4O9. The van der Waals surface area contributed by atoms with E-state index in [9.17, 15) is 0 Å². The molecule has 0 amide bonds. The van der Waals surface area contributed by atoms with Gasteiger partial charge in [-0.25, -0.2) is 0 Å². The summed E-state index contributed by atoms with van der Waals surface area (Å²) in [5.41, 5.74) is 10.6. The second-order valence-corrected chi connectivity index (χ2v) is 23.0. The van der Waals surface area contributed by atoms with Crippen molar-refractivity contribution < 1.29 is 42.6 Å². The van der Waals surface area contributed by atoms with Crippen LogP contribution < -0.4 is 0 Å². The Labute approximate surface area is 487 Å². The largest absolute Gasteiger partial charge is 0.379 e. The van der Waals surface area contributed by atoms with E-state index >= 15 is 0 Å². The minimum Gasteiger partial charge on any atom is -0.379 e. The molecule has 0 heterocycles. The van der Waals surface area contributed by atoms with Gasteiger partial charge in [-0.15, -0.1) is 0 Å². The minimum absolute atomic E-state index is 0.208. The highest BCUT2D eigenvalue weighted by Crippen LogP contribution is 2.54. The molecule has 67 heavy (non-hydrogen) atoms. The van der Waals surface area contributed by atoms with Crippen LogP contribution in [-0.2, 0) is 54.5 Å². The van der Waals surface area contributed by atoms with Crippen LogP contribution in [0.15, 0.2) is 90.7 Å². The zero-order chi connectivity index (χ0) is 48.0. The monoisotopic (exact) mass is 1630 g/mol. The van der Waals surface area contributed by atoms with Gasteiger partial charge in [-0.2, -0.15) is 0 Å². The number of hydrogen-bond acceptors (Lipinski definition) is 9. The number of alkyl halides is 4. The summed E-state index contributed by atoms with van der Waals surface area (Å²) in [6.45, 7) is 11.9. The van der Waals surface area contributed by atoms with E-state index in [1.54, 1.807) is 0 Å². The van der Waals surface area contributed by atoms with Crippen LogP contribution in [0.1, 0.15) is 35.1 Å². The molecule has 0 atom stereocenters. The van der Waals surface area contributed by atoms with Crippen molar-refractivity contribution in [2.75, 3.05) is 137 Å². The molecule has 0 spiro atoms. The van der Waals surface area contributed by atoms with Crippen LogP contribution in [0.5, 0.6) is 0 Å². The Kier molecular flexibility index (Phi) is 33.8. The molecule has 0 aliphatic heterocycles. The summed E-state index contributed by atoms with van der Waals surface area (Å²) in [5, 5.41) is 0. The van der Waals surface area contributed by atoms with E-state index in [-0.39, 0.29) is 5.41 Å². The Bertz CT molecular complexity index is 1850. The zero-order valence-electron chi connectivity index (χ0n) is 37.8. The van der Waals surface area contributed by atoms with Crippen molar-refractivity contribution >= 4 is 154 Å². The van der Waals surface area contributed by atoms with Gasteiger partial charge in [0.2, 0.25) is 0 Å². The molecule has 9 nitrogen and oxygen atoms in total. The van der Waals surface area contributed by atoms with Crippen LogP contribution >= 0.6 is 154 Å². The Morgan fingerprint density at radius 3 is 0.881 bits per heavy atom. The Morgan fingerprint density at radius 1 is 0.328 bits per heavy atom. The lowest BCUT2D eigenvalue weighted by atomic mass is 9.73. The maximum atomic E-state index is 6.07. The van der Waals surface area contributed by atoms with Gasteiger partial charge in [0.15, 0.2) is 0 Å². The first-order valence-electron chi connectivity index (χ1n) is 22.4. The van der Waals surface area contributed by atoms with Gasteiger partial charge in [-0.1, -0.05) is 178 Å². The summed E-state index contributed by atoms with van der Waals surface area (Å²) in [5.74, 6) is 0. The molecule has 0 saturated carbocycles. The summed E-state index contributed by atoms with van der Waals surface area (Å²) < 4.78 is 58.7. The van der Waals surface area contributed by atoms with Crippen molar-refractivity contribution in [1.82, 2.24) is 0 Å². The fraction of sp³-hybridized carbons (Fsp3) is 0.520. The lowest BCUT2D eigenvalue weighted by Gasteiger charge is -2.32. The standard InChI is InChI=1S/C29H38Br2I2O6.C13H8Br2.C8H16I2O3/c30-23-1-3-25-26-4-2-24(31)22-28(26)29(27(25)21-23,5-9-34-13-17-38-19-15-36-11-7-32)6-10-35-14-18-39-20-16-37-12-8-33;14-10-1-3-12-8(6-10)5-9-7-11(15)2-4-13(9)12;9-1-3-11-5-7-13-8-6-12-4-2-10/h1-4,21-22H,5-20H2;1-4,6-7H,5H2;1-8H2. The molecule has 2 aliphatic rings. The van der Waals surface area contributed by atoms with Crippen molar-refractivity contribution in [3.63, 3.8) is 0 Å². The average molecular weight is 1630 g/mol. The molecule has 0 unspecified atom stereocenters. The molecule has 0 N–H and O–H groups in total. The van der Waals surface area contributed by atoms with Gasteiger partial charge in [0.05, 0.1) is 106 Å². The molecule has 17 heteroatoms. The fourth-order valence-corrected chi connectivity index (χ4v) is 10.4. The number of fused-ring (bicyclic) bond motifs is 6. The average Bonchev–Trinajstić information content (AvgIpc) is 3.80. The number of hydrogen-bond donors (Lipinski definition) is 0. The van der Waals surface area contributed by atoms with Gasteiger partial charge < -0.3 is 42.6 Å². The number of rotatable bonds is 32. The molecule has 0 saturated heterocycles. The van der Waals surface area contributed by atoms with E-state index in [1.807, 2.05) is 0 Å². The van der Waals surface area contributed by atoms with Crippen molar-refractivity contribution in [2.45, 2.75) is 24.7 Å². The Morgan fingerprint density at radius 2 is 0.582 bits per heavy atom. The molecule has 0 fully saturated rings. The van der Waals surface area contributed by atoms with Crippen molar-refractivity contribution in [3.05, 3.63) is 113 Å². The van der Waals surface area contributed by atoms with Crippen molar-refractivity contribution in [1.29, 1.82) is 0 Å². The first-order valence-corrected chi connectivity index (χ1v) is 31.7. The van der Waals surface area contributed by atoms with Crippen LogP contribution in [0.25, 0.3) is 22.3 Å². The van der Waals surface area contributed by atoms with Crippen molar-refractivity contribution in [2.24, 2.45) is 0 Å². The predicted octanol–water partition coefficient (Wildman–Crippen LogP) is 13.9. The molecule has 2 aliphatic carbocycles. The predicted molar refractivity (Wildman–Crippen MR) is 320 cm³/mol. The zero-order valence-corrected chi connectivity index (χ0v) is 52.8. The highest BCUT2D eigenvalue weighted by Gasteiger charge is 2.43. The molecule has 0 bridgehead atoms. The van der Waals surface area contributed by atoms with E-state index in [4.69, 9.17) is 42.6 Å². The summed E-state index contributed by atoms with van der Waals surface area (Å²) in [7, 11) is 0. The lowest BCUT2D eigenvalue weighted by molar-refractivity contribution is 0.00899. The smallest absolute Gasteiger partial charge is 0.0701 e. The number of ether oxygens (including phenoxy) is 9. The van der Waals surface area contributed by atoms with Crippen LogP contribution in [0.4, 0.5) is 0 Å².